The molecular weight excluding hydrogens is 200 g/mol. The molecule has 2 N–H and O–H groups in total. The minimum absolute atomic E-state index is 0.224. The summed E-state index contributed by atoms with van der Waals surface area (Å²) < 4.78 is 4.82. The number of amides is 1. The molecule has 0 radical (unpaired) electrons. The normalized spacial score (nSPS) is 10.4. The van der Waals surface area contributed by atoms with Crippen LogP contribution in [0.3, 0.4) is 0 Å². The first-order chi connectivity index (χ1) is 7.29. The van der Waals surface area contributed by atoms with E-state index in [2.05, 4.69) is 10.5 Å². The standard InChI is InChI=1S/C9H8N2O4/c12-5-10-14-4-6-1-2-8-7(3-6)11-9(13)15-8/h1-3,5H,4H2,(H,10,12)(H,11,13). The quantitative estimate of drug-likeness (QED) is 0.430. The van der Waals surface area contributed by atoms with Crippen LogP contribution in [-0.4, -0.2) is 11.4 Å². The van der Waals surface area contributed by atoms with Crippen LogP contribution in [0, 0.1) is 0 Å². The van der Waals surface area contributed by atoms with Gasteiger partial charge < -0.3 is 4.42 Å². The summed E-state index contributed by atoms with van der Waals surface area (Å²) in [5, 5.41) is 0. The highest BCUT2D eigenvalue weighted by Crippen LogP contribution is 2.12. The van der Waals surface area contributed by atoms with Crippen LogP contribution in [0.25, 0.3) is 11.1 Å². The van der Waals surface area contributed by atoms with Crippen molar-refractivity contribution in [3.05, 3.63) is 34.3 Å². The van der Waals surface area contributed by atoms with Crippen LogP contribution in [0.15, 0.2) is 27.4 Å². The fourth-order valence-corrected chi connectivity index (χ4v) is 1.25. The lowest BCUT2D eigenvalue weighted by Gasteiger charge is -2.00. The third kappa shape index (κ3) is 2.05. The van der Waals surface area contributed by atoms with Crippen molar-refractivity contribution >= 4 is 17.5 Å². The Balaban J connectivity index is 2.22. The number of oxazole rings is 1. The zero-order chi connectivity index (χ0) is 10.7. The first-order valence-corrected chi connectivity index (χ1v) is 4.22. The minimum Gasteiger partial charge on any atom is -0.408 e. The van der Waals surface area contributed by atoms with Gasteiger partial charge >= 0.3 is 5.76 Å². The Labute approximate surface area is 83.8 Å². The number of hydrogen-bond acceptors (Lipinski definition) is 4. The van der Waals surface area contributed by atoms with E-state index in [1.807, 2.05) is 0 Å². The number of aromatic nitrogens is 1. The molecule has 0 saturated carbocycles. The van der Waals surface area contributed by atoms with E-state index in [9.17, 15) is 9.59 Å². The Kier molecular flexibility index (Phi) is 2.51. The number of benzene rings is 1. The van der Waals surface area contributed by atoms with Gasteiger partial charge in [-0.15, -0.1) is 0 Å². The first-order valence-electron chi connectivity index (χ1n) is 4.22. The summed E-state index contributed by atoms with van der Waals surface area (Å²) in [4.78, 5) is 28.1. The highest BCUT2D eigenvalue weighted by atomic mass is 16.6. The van der Waals surface area contributed by atoms with E-state index in [0.717, 1.165) is 5.56 Å². The van der Waals surface area contributed by atoms with E-state index in [0.29, 0.717) is 17.5 Å². The fourth-order valence-electron chi connectivity index (χ4n) is 1.25. The SMILES string of the molecule is O=CNOCc1ccc2oc(=O)[nH]c2c1. The van der Waals surface area contributed by atoms with Crippen LogP contribution in [-0.2, 0) is 16.2 Å². The number of aromatic amines is 1. The molecule has 15 heavy (non-hydrogen) atoms. The highest BCUT2D eigenvalue weighted by Gasteiger charge is 2.01. The van der Waals surface area contributed by atoms with Gasteiger partial charge in [0.1, 0.15) is 0 Å². The Hall–Kier alpha value is -2.08. The van der Waals surface area contributed by atoms with Gasteiger partial charge in [0.05, 0.1) is 12.1 Å². The Morgan fingerprint density at radius 3 is 3.20 bits per heavy atom. The molecule has 0 aliphatic carbocycles. The van der Waals surface area contributed by atoms with Crippen LogP contribution in [0.5, 0.6) is 0 Å². The van der Waals surface area contributed by atoms with E-state index in [4.69, 9.17) is 9.25 Å². The topological polar surface area (TPSA) is 84.3 Å². The van der Waals surface area contributed by atoms with Gasteiger partial charge in [0.15, 0.2) is 5.58 Å². The van der Waals surface area contributed by atoms with Gasteiger partial charge in [-0.3, -0.25) is 14.6 Å². The average Bonchev–Trinajstić information content (AvgIpc) is 2.57. The van der Waals surface area contributed by atoms with Gasteiger partial charge in [0.25, 0.3) is 0 Å². The summed E-state index contributed by atoms with van der Waals surface area (Å²) in [5.74, 6) is -0.492. The van der Waals surface area contributed by atoms with E-state index in [1.165, 1.54) is 0 Å². The van der Waals surface area contributed by atoms with Gasteiger partial charge in [-0.2, -0.15) is 0 Å². The number of nitrogens with one attached hydrogen (secondary N) is 2. The largest absolute Gasteiger partial charge is 0.417 e. The number of carbonyl (C=O) groups excluding carboxylic acids is 1. The zero-order valence-electron chi connectivity index (χ0n) is 7.65. The van der Waals surface area contributed by atoms with Gasteiger partial charge in [-0.05, 0) is 17.7 Å². The maximum Gasteiger partial charge on any atom is 0.417 e. The number of hydroxylamine groups is 1. The molecule has 2 aromatic rings. The number of H-pyrrole nitrogens is 1. The molecule has 1 amide bonds. The molecule has 0 spiro atoms. The Morgan fingerprint density at radius 1 is 1.53 bits per heavy atom. The molecule has 1 aromatic heterocycles. The van der Waals surface area contributed by atoms with Crippen molar-refractivity contribution in [2.24, 2.45) is 0 Å². The molecule has 1 heterocycles. The van der Waals surface area contributed by atoms with Gasteiger partial charge in [0.2, 0.25) is 6.41 Å². The lowest BCUT2D eigenvalue weighted by atomic mass is 10.2. The van der Waals surface area contributed by atoms with Crippen LogP contribution in [0.2, 0.25) is 0 Å². The van der Waals surface area contributed by atoms with Crippen molar-refractivity contribution in [2.75, 3.05) is 0 Å². The van der Waals surface area contributed by atoms with Crippen LogP contribution in [0.4, 0.5) is 0 Å². The lowest BCUT2D eigenvalue weighted by molar-refractivity contribution is -0.121. The van der Waals surface area contributed by atoms with Gasteiger partial charge in [-0.1, -0.05) is 6.07 Å². The Bertz CT molecular complexity index is 528. The van der Waals surface area contributed by atoms with Crippen molar-refractivity contribution in [3.8, 4) is 0 Å². The summed E-state index contributed by atoms with van der Waals surface area (Å²) in [6.45, 7) is 0.224. The summed E-state index contributed by atoms with van der Waals surface area (Å²) >= 11 is 0. The predicted molar refractivity (Wildman–Crippen MR) is 50.8 cm³/mol. The van der Waals surface area contributed by atoms with Crippen molar-refractivity contribution in [1.29, 1.82) is 0 Å². The van der Waals surface area contributed by atoms with Crippen molar-refractivity contribution in [3.63, 3.8) is 0 Å². The van der Waals surface area contributed by atoms with E-state index in [-0.39, 0.29) is 6.61 Å². The van der Waals surface area contributed by atoms with Crippen LogP contribution < -0.4 is 11.2 Å². The second kappa shape index (κ2) is 3.97. The molecule has 78 valence electrons. The maximum atomic E-state index is 10.8. The molecule has 6 nitrogen and oxygen atoms in total. The minimum atomic E-state index is -0.492. The molecule has 1 aromatic carbocycles. The predicted octanol–water partition coefficient (Wildman–Crippen LogP) is 0.299. The van der Waals surface area contributed by atoms with Crippen LogP contribution >= 0.6 is 0 Å². The molecule has 0 atom stereocenters. The molecular formula is C9H8N2O4. The molecule has 0 bridgehead atoms. The molecule has 0 unspecified atom stereocenters. The summed E-state index contributed by atoms with van der Waals surface area (Å²) in [7, 11) is 0. The number of hydrogen-bond donors (Lipinski definition) is 2. The number of rotatable bonds is 4. The summed E-state index contributed by atoms with van der Waals surface area (Å²) in [6.07, 6.45) is 0.443. The second-order valence-electron chi connectivity index (χ2n) is 2.87. The molecule has 2 rings (SSSR count). The molecule has 6 heteroatoms. The molecule has 0 aliphatic heterocycles. The van der Waals surface area contributed by atoms with E-state index < -0.39 is 5.76 Å². The van der Waals surface area contributed by atoms with Crippen molar-refractivity contribution in [2.45, 2.75) is 6.61 Å². The zero-order valence-corrected chi connectivity index (χ0v) is 7.65. The first kappa shape index (κ1) is 9.47. The van der Waals surface area contributed by atoms with Crippen molar-refractivity contribution in [1.82, 2.24) is 10.5 Å². The van der Waals surface area contributed by atoms with Gasteiger partial charge in [-0.25, -0.2) is 10.3 Å². The van der Waals surface area contributed by atoms with E-state index in [1.54, 1.807) is 18.2 Å². The third-order valence-corrected chi connectivity index (χ3v) is 1.85. The summed E-state index contributed by atoms with van der Waals surface area (Å²) in [6, 6.07) is 5.12. The monoisotopic (exact) mass is 208 g/mol. The van der Waals surface area contributed by atoms with E-state index >= 15 is 0 Å². The number of fused-ring (bicyclic) bond motifs is 1. The second-order valence-corrected chi connectivity index (χ2v) is 2.87. The summed E-state index contributed by atoms with van der Waals surface area (Å²) in [5.41, 5.74) is 3.98. The van der Waals surface area contributed by atoms with Crippen molar-refractivity contribution < 1.29 is 14.0 Å². The van der Waals surface area contributed by atoms with Crippen LogP contribution in [0.1, 0.15) is 5.56 Å². The highest BCUT2D eigenvalue weighted by molar-refractivity contribution is 5.72. The maximum absolute atomic E-state index is 10.8. The lowest BCUT2D eigenvalue weighted by Crippen LogP contribution is -2.10. The molecule has 0 aliphatic rings. The number of carbonyl (C=O) groups is 1. The molecule has 0 fully saturated rings. The third-order valence-electron chi connectivity index (χ3n) is 1.85. The smallest absolute Gasteiger partial charge is 0.408 e. The Morgan fingerprint density at radius 2 is 2.40 bits per heavy atom. The molecule has 0 saturated heterocycles. The van der Waals surface area contributed by atoms with Gasteiger partial charge in [0, 0.05) is 0 Å². The fraction of sp³-hybridized carbons (Fsp3) is 0.111. The average molecular weight is 208 g/mol.